The Bertz CT molecular complexity index is 681. The van der Waals surface area contributed by atoms with Crippen molar-refractivity contribution in [3.8, 4) is 0 Å². The van der Waals surface area contributed by atoms with Crippen molar-refractivity contribution in [3.63, 3.8) is 0 Å². The van der Waals surface area contributed by atoms with Crippen molar-refractivity contribution in [1.29, 1.82) is 0 Å². The number of hydrogen-bond donors (Lipinski definition) is 0. The highest BCUT2D eigenvalue weighted by Gasteiger charge is 2.65. The van der Waals surface area contributed by atoms with E-state index in [1.807, 2.05) is 0 Å². The van der Waals surface area contributed by atoms with Gasteiger partial charge in [0.15, 0.2) is 0 Å². The normalized spacial score (nSPS) is 16.2. The maximum Gasteiger partial charge on any atom is 0.310 e. The number of hydrogen-bond acceptors (Lipinski definition) is 3. The smallest absolute Gasteiger partial charge is 0.261 e. The average molecular weight is 323 g/mol. The van der Waals surface area contributed by atoms with E-state index in [9.17, 15) is 19.4 Å². The van der Waals surface area contributed by atoms with Crippen LogP contribution in [-0.4, -0.2) is 15.7 Å². The van der Waals surface area contributed by atoms with E-state index in [0.29, 0.717) is 23.5 Å². The van der Waals surface area contributed by atoms with Gasteiger partial charge in [-0.15, -0.1) is 0 Å². The van der Waals surface area contributed by atoms with Crippen LogP contribution in [0.15, 0.2) is 52.7 Å². The van der Waals surface area contributed by atoms with Gasteiger partial charge in [-0.1, -0.05) is 19.4 Å². The zero-order valence-corrected chi connectivity index (χ0v) is 11.5. The molecule has 0 aliphatic rings. The molecule has 2 aromatic rings. The lowest BCUT2D eigenvalue weighted by molar-refractivity contribution is 0.364. The molecule has 0 aliphatic carbocycles. The zero-order valence-electron chi connectivity index (χ0n) is 10.7. The van der Waals surface area contributed by atoms with Gasteiger partial charge in [-0.25, -0.2) is 0 Å². The number of aliphatic imine (C=N–C) groups is 1. The first-order valence-electron chi connectivity index (χ1n) is 5.61. The van der Waals surface area contributed by atoms with Gasteiger partial charge in [-0.05, 0) is 31.2 Å². The van der Waals surface area contributed by atoms with Crippen molar-refractivity contribution in [2.45, 2.75) is 11.8 Å². The maximum absolute atomic E-state index is 12.6. The van der Waals surface area contributed by atoms with Crippen molar-refractivity contribution >= 4 is 21.6 Å². The molecule has 0 amide bonds. The zero-order chi connectivity index (χ0) is 15.8. The molecule has 0 aliphatic heterocycles. The average Bonchev–Trinajstić information content (AvgIpc) is 2.37. The Morgan fingerprint density at radius 3 is 2.10 bits per heavy atom. The van der Waals surface area contributed by atoms with Crippen LogP contribution >= 0.6 is 10.2 Å². The highest BCUT2D eigenvalue weighted by atomic mass is 32.5. The summed E-state index contributed by atoms with van der Waals surface area (Å²) < 4.78 is 62.8. The summed E-state index contributed by atoms with van der Waals surface area (Å²) in [5.41, 5.74) is 0.959. The lowest BCUT2D eigenvalue weighted by atomic mass is 10.3. The summed E-state index contributed by atoms with van der Waals surface area (Å²) in [7, 11) is -9.64. The van der Waals surface area contributed by atoms with Gasteiger partial charge in [0.2, 0.25) is 0 Å². The molecule has 0 saturated heterocycles. The van der Waals surface area contributed by atoms with Gasteiger partial charge >= 0.3 is 10.2 Å². The number of aromatic nitrogens is 2. The third-order valence-corrected chi connectivity index (χ3v) is 3.68. The molecule has 21 heavy (non-hydrogen) atoms. The molecule has 0 N–H and O–H groups in total. The summed E-state index contributed by atoms with van der Waals surface area (Å²) in [6, 6.07) is 2.41. The van der Waals surface area contributed by atoms with E-state index in [1.54, 1.807) is 6.92 Å². The number of nitrogens with zero attached hydrogens (tertiary/aromatic N) is 3. The number of halogens is 5. The fourth-order valence-electron chi connectivity index (χ4n) is 1.51. The van der Waals surface area contributed by atoms with Crippen LogP contribution in [0, 0.1) is 0 Å². The Morgan fingerprint density at radius 2 is 1.62 bits per heavy atom. The summed E-state index contributed by atoms with van der Waals surface area (Å²) in [5, 5.41) is 0. The Morgan fingerprint density at radius 1 is 1.00 bits per heavy atom. The SMILES string of the molecule is CC(=Nc1ccc(S(F)(F)(F)(F)F)cc1)c1cnccn1. The third kappa shape index (κ3) is 3.97. The molecule has 114 valence electrons. The first kappa shape index (κ1) is 15.4. The van der Waals surface area contributed by atoms with Crippen molar-refractivity contribution in [2.24, 2.45) is 4.99 Å². The van der Waals surface area contributed by atoms with Gasteiger partial charge in [0.05, 0.1) is 17.6 Å². The van der Waals surface area contributed by atoms with Crippen LogP contribution in [0.25, 0.3) is 0 Å². The van der Waals surface area contributed by atoms with E-state index >= 15 is 0 Å². The minimum atomic E-state index is -9.64. The Kier molecular flexibility index (Phi) is 3.10. The Balaban J connectivity index is 2.34. The van der Waals surface area contributed by atoms with Crippen molar-refractivity contribution in [1.82, 2.24) is 9.97 Å². The van der Waals surface area contributed by atoms with Gasteiger partial charge in [-0.2, -0.15) is 0 Å². The topological polar surface area (TPSA) is 38.1 Å². The summed E-state index contributed by atoms with van der Waals surface area (Å²) in [5.74, 6) is 0. The first-order valence-corrected chi connectivity index (χ1v) is 7.57. The predicted octanol–water partition coefficient (Wildman–Crippen LogP) is 5.27. The van der Waals surface area contributed by atoms with Gasteiger partial charge in [-0.3, -0.25) is 15.0 Å². The number of rotatable bonds is 3. The van der Waals surface area contributed by atoms with Crippen LogP contribution in [-0.2, 0) is 0 Å². The van der Waals surface area contributed by atoms with Crippen LogP contribution in [0.5, 0.6) is 0 Å². The molecule has 1 aromatic heterocycles. The first-order chi connectivity index (χ1) is 9.45. The van der Waals surface area contributed by atoms with E-state index in [0.717, 1.165) is 12.1 Å². The molecule has 3 nitrogen and oxygen atoms in total. The lowest BCUT2D eigenvalue weighted by Crippen LogP contribution is -2.05. The fourth-order valence-corrected chi connectivity index (χ4v) is 2.17. The van der Waals surface area contributed by atoms with Crippen LogP contribution in [0.4, 0.5) is 25.1 Å². The van der Waals surface area contributed by atoms with E-state index in [1.165, 1.54) is 18.6 Å². The van der Waals surface area contributed by atoms with Crippen LogP contribution in [0.2, 0.25) is 0 Å². The minimum Gasteiger partial charge on any atom is -0.261 e. The Labute approximate surface area is 117 Å². The molecule has 0 unspecified atom stereocenters. The summed E-state index contributed by atoms with van der Waals surface area (Å²) in [6.45, 7) is 1.59. The molecule has 1 aromatic carbocycles. The largest absolute Gasteiger partial charge is 0.310 e. The van der Waals surface area contributed by atoms with Crippen molar-refractivity contribution < 1.29 is 19.4 Å². The molecule has 0 saturated carbocycles. The second kappa shape index (κ2) is 4.23. The molecule has 2 rings (SSSR count). The minimum absolute atomic E-state index is 0.115. The molecule has 0 radical (unpaired) electrons. The molecule has 9 heteroatoms. The van der Waals surface area contributed by atoms with E-state index in [-0.39, 0.29) is 5.69 Å². The molecular weight excluding hydrogens is 313 g/mol. The second-order valence-corrected chi connectivity index (χ2v) is 6.66. The van der Waals surface area contributed by atoms with E-state index < -0.39 is 15.1 Å². The fraction of sp³-hybridized carbons (Fsp3) is 0.0833. The standard InChI is InChI=1S/C12H10F5N3S/c1-9(12-8-18-6-7-19-12)20-10-2-4-11(5-3-10)21(13,14,15,16)17/h2-8H,1H3. The molecule has 1 heterocycles. The highest BCUT2D eigenvalue weighted by molar-refractivity contribution is 8.45. The summed E-state index contributed by atoms with van der Waals surface area (Å²) >= 11 is 0. The van der Waals surface area contributed by atoms with Crippen molar-refractivity contribution in [3.05, 3.63) is 48.5 Å². The van der Waals surface area contributed by atoms with E-state index in [4.69, 9.17) is 0 Å². The monoisotopic (exact) mass is 323 g/mol. The van der Waals surface area contributed by atoms with Crippen LogP contribution < -0.4 is 0 Å². The lowest BCUT2D eigenvalue weighted by Gasteiger charge is -2.40. The van der Waals surface area contributed by atoms with E-state index in [2.05, 4.69) is 15.0 Å². The summed E-state index contributed by atoms with van der Waals surface area (Å²) in [6.07, 6.45) is 4.33. The molecule has 0 atom stereocenters. The van der Waals surface area contributed by atoms with Gasteiger partial charge < -0.3 is 0 Å². The van der Waals surface area contributed by atoms with Gasteiger partial charge in [0, 0.05) is 12.4 Å². The highest BCUT2D eigenvalue weighted by Crippen LogP contribution is 3.02. The van der Waals surface area contributed by atoms with Gasteiger partial charge in [0.25, 0.3) is 0 Å². The van der Waals surface area contributed by atoms with Gasteiger partial charge in [0.1, 0.15) is 10.6 Å². The predicted molar refractivity (Wildman–Crippen MR) is 71.7 cm³/mol. The molecule has 0 spiro atoms. The van der Waals surface area contributed by atoms with Crippen LogP contribution in [0.1, 0.15) is 12.6 Å². The summed E-state index contributed by atoms with van der Waals surface area (Å²) in [4.78, 5) is 9.87. The third-order valence-electron chi connectivity index (χ3n) is 2.51. The molecular formula is C12H10F5N3S. The molecule has 0 bridgehead atoms. The van der Waals surface area contributed by atoms with Crippen LogP contribution in [0.3, 0.4) is 0 Å². The second-order valence-electron chi connectivity index (χ2n) is 4.25. The Hall–Kier alpha value is -2.03. The molecule has 0 fully saturated rings. The maximum atomic E-state index is 12.6. The van der Waals surface area contributed by atoms with Crippen molar-refractivity contribution in [2.75, 3.05) is 0 Å². The quantitative estimate of drug-likeness (QED) is 0.570. The number of benzene rings is 1.